The van der Waals surface area contributed by atoms with Crippen LogP contribution in [0.1, 0.15) is 28.6 Å². The Kier molecular flexibility index (Phi) is 3.03. The molecule has 0 saturated carbocycles. The van der Waals surface area contributed by atoms with E-state index in [1.54, 1.807) is 10.9 Å². The largest absolute Gasteiger partial charge is 0.383 e. The lowest BCUT2D eigenvalue weighted by molar-refractivity contribution is 0.220. The lowest BCUT2D eigenvalue weighted by Gasteiger charge is -2.14. The first kappa shape index (κ1) is 12.8. The van der Waals surface area contributed by atoms with Gasteiger partial charge >= 0.3 is 0 Å². The number of hydrogen-bond donors (Lipinski definition) is 1. The van der Waals surface area contributed by atoms with E-state index >= 15 is 0 Å². The highest BCUT2D eigenvalue weighted by molar-refractivity contribution is 5.82. The zero-order chi connectivity index (χ0) is 14.3. The maximum atomic E-state index is 10.8. The Balaban J connectivity index is 2.20. The summed E-state index contributed by atoms with van der Waals surface area (Å²) in [6.07, 6.45) is 1.08. The molecule has 20 heavy (non-hydrogen) atoms. The Bertz CT molecular complexity index is 771. The summed E-state index contributed by atoms with van der Waals surface area (Å²) in [6, 6.07) is 9.70. The van der Waals surface area contributed by atoms with Crippen molar-refractivity contribution in [1.82, 2.24) is 14.8 Å². The summed E-state index contributed by atoms with van der Waals surface area (Å²) in [5.41, 5.74) is 4.48. The van der Waals surface area contributed by atoms with Crippen molar-refractivity contribution >= 4 is 10.9 Å². The van der Waals surface area contributed by atoms with Crippen LogP contribution in [0.5, 0.6) is 0 Å². The molecule has 4 nitrogen and oxygen atoms in total. The molecule has 2 heterocycles. The molecule has 0 radical (unpaired) electrons. The molecule has 1 atom stereocenters. The first-order valence-corrected chi connectivity index (χ1v) is 6.61. The summed E-state index contributed by atoms with van der Waals surface area (Å²) in [6.45, 7) is 3.90. The van der Waals surface area contributed by atoms with Crippen molar-refractivity contribution in [3.8, 4) is 0 Å². The fourth-order valence-corrected chi connectivity index (χ4v) is 2.71. The van der Waals surface area contributed by atoms with Gasteiger partial charge in [-0.2, -0.15) is 5.10 Å². The van der Waals surface area contributed by atoms with Crippen LogP contribution in [-0.4, -0.2) is 19.9 Å². The van der Waals surface area contributed by atoms with Crippen molar-refractivity contribution in [3.63, 3.8) is 0 Å². The number of aliphatic hydroxyl groups excluding tert-OH is 1. The van der Waals surface area contributed by atoms with Gasteiger partial charge < -0.3 is 5.11 Å². The number of aromatic nitrogens is 3. The van der Waals surface area contributed by atoms with Crippen molar-refractivity contribution in [2.45, 2.75) is 20.0 Å². The van der Waals surface area contributed by atoms with Gasteiger partial charge in [0.2, 0.25) is 0 Å². The Morgan fingerprint density at radius 2 is 1.95 bits per heavy atom. The van der Waals surface area contributed by atoms with Gasteiger partial charge in [-0.15, -0.1) is 0 Å². The first-order chi connectivity index (χ1) is 9.59. The lowest BCUT2D eigenvalue weighted by Crippen LogP contribution is -2.04. The molecule has 0 spiro atoms. The van der Waals surface area contributed by atoms with Crippen LogP contribution in [0.3, 0.4) is 0 Å². The predicted molar refractivity (Wildman–Crippen MR) is 78.5 cm³/mol. The lowest BCUT2D eigenvalue weighted by atomic mass is 9.96. The van der Waals surface area contributed by atoms with E-state index in [2.05, 4.69) is 10.1 Å². The molecule has 3 rings (SSSR count). The smallest absolute Gasteiger partial charge is 0.108 e. The van der Waals surface area contributed by atoms with Crippen LogP contribution in [0.15, 0.2) is 36.5 Å². The monoisotopic (exact) mass is 267 g/mol. The summed E-state index contributed by atoms with van der Waals surface area (Å²) in [5.74, 6) is 0. The highest BCUT2D eigenvalue weighted by atomic mass is 16.3. The van der Waals surface area contributed by atoms with E-state index in [0.29, 0.717) is 0 Å². The van der Waals surface area contributed by atoms with Crippen LogP contribution >= 0.6 is 0 Å². The number of nitrogens with zero attached hydrogens (tertiary/aromatic N) is 3. The predicted octanol–water partition coefficient (Wildman–Crippen LogP) is 2.67. The molecule has 3 aromatic rings. The molecular weight excluding hydrogens is 250 g/mol. The Labute approximate surface area is 117 Å². The molecule has 0 amide bonds. The maximum Gasteiger partial charge on any atom is 0.108 e. The van der Waals surface area contributed by atoms with E-state index in [1.807, 2.05) is 51.2 Å². The SMILES string of the molecule is Cc1nn(C)c(C)c1C(O)c1cccc2ncccc12. The fourth-order valence-electron chi connectivity index (χ4n) is 2.71. The van der Waals surface area contributed by atoms with Crippen LogP contribution in [0.4, 0.5) is 0 Å². The number of fused-ring (bicyclic) bond motifs is 1. The average molecular weight is 267 g/mol. The quantitative estimate of drug-likeness (QED) is 0.776. The molecule has 1 unspecified atom stereocenters. The third kappa shape index (κ3) is 1.89. The number of aliphatic hydroxyl groups is 1. The van der Waals surface area contributed by atoms with E-state index in [9.17, 15) is 5.11 Å². The van der Waals surface area contributed by atoms with Crippen LogP contribution in [-0.2, 0) is 7.05 Å². The minimum atomic E-state index is -0.684. The van der Waals surface area contributed by atoms with Gasteiger partial charge in [0.1, 0.15) is 6.10 Å². The van der Waals surface area contributed by atoms with E-state index in [-0.39, 0.29) is 0 Å². The first-order valence-electron chi connectivity index (χ1n) is 6.61. The minimum Gasteiger partial charge on any atom is -0.383 e. The number of pyridine rings is 1. The number of aryl methyl sites for hydroxylation is 2. The van der Waals surface area contributed by atoms with Crippen LogP contribution < -0.4 is 0 Å². The third-order valence-electron chi connectivity index (χ3n) is 3.81. The molecule has 0 fully saturated rings. The molecule has 2 aromatic heterocycles. The highest BCUT2D eigenvalue weighted by Crippen LogP contribution is 2.31. The van der Waals surface area contributed by atoms with E-state index in [4.69, 9.17) is 0 Å². The Morgan fingerprint density at radius 1 is 1.15 bits per heavy atom. The summed E-state index contributed by atoms with van der Waals surface area (Å²) in [5, 5.41) is 16.1. The molecule has 0 aliphatic carbocycles. The van der Waals surface area contributed by atoms with Crippen molar-refractivity contribution in [1.29, 1.82) is 0 Å². The van der Waals surface area contributed by atoms with Gasteiger partial charge in [-0.25, -0.2) is 0 Å². The van der Waals surface area contributed by atoms with Gasteiger partial charge in [0.05, 0.1) is 11.2 Å². The van der Waals surface area contributed by atoms with Crippen LogP contribution in [0.2, 0.25) is 0 Å². The summed E-state index contributed by atoms with van der Waals surface area (Å²) in [7, 11) is 1.89. The molecule has 0 aliphatic rings. The molecule has 1 N–H and O–H groups in total. The fraction of sp³-hybridized carbons (Fsp3) is 0.250. The van der Waals surface area contributed by atoms with Crippen LogP contribution in [0, 0.1) is 13.8 Å². The normalized spacial score (nSPS) is 12.8. The second-order valence-corrected chi connectivity index (χ2v) is 5.03. The van der Waals surface area contributed by atoms with E-state index < -0.39 is 6.10 Å². The van der Waals surface area contributed by atoms with Gasteiger partial charge in [0.25, 0.3) is 0 Å². The maximum absolute atomic E-state index is 10.8. The summed E-state index contributed by atoms with van der Waals surface area (Å²) >= 11 is 0. The molecule has 0 bridgehead atoms. The van der Waals surface area contributed by atoms with Gasteiger partial charge in [-0.1, -0.05) is 18.2 Å². The standard InChI is InChI=1S/C16H17N3O/c1-10-15(11(2)19(3)18-10)16(20)13-6-4-8-14-12(13)7-5-9-17-14/h4-9,16,20H,1-3H3. The minimum absolute atomic E-state index is 0.684. The van der Waals surface area contributed by atoms with Crippen molar-refractivity contribution in [3.05, 3.63) is 59.0 Å². The molecule has 0 saturated heterocycles. The summed E-state index contributed by atoms with van der Waals surface area (Å²) in [4.78, 5) is 4.34. The topological polar surface area (TPSA) is 50.9 Å². The number of rotatable bonds is 2. The van der Waals surface area contributed by atoms with Crippen LogP contribution in [0.25, 0.3) is 10.9 Å². The zero-order valence-electron chi connectivity index (χ0n) is 11.8. The van der Waals surface area contributed by atoms with E-state index in [0.717, 1.165) is 33.4 Å². The van der Waals surface area contributed by atoms with Crippen molar-refractivity contribution < 1.29 is 5.11 Å². The zero-order valence-corrected chi connectivity index (χ0v) is 11.8. The number of hydrogen-bond acceptors (Lipinski definition) is 3. The van der Waals surface area contributed by atoms with Gasteiger partial charge in [-0.3, -0.25) is 9.67 Å². The van der Waals surface area contributed by atoms with E-state index in [1.165, 1.54) is 0 Å². The summed E-state index contributed by atoms with van der Waals surface area (Å²) < 4.78 is 1.80. The van der Waals surface area contributed by atoms with Gasteiger partial charge in [0, 0.05) is 29.9 Å². The Morgan fingerprint density at radius 3 is 2.65 bits per heavy atom. The second-order valence-electron chi connectivity index (χ2n) is 5.03. The van der Waals surface area contributed by atoms with Gasteiger partial charge in [-0.05, 0) is 31.5 Å². The second kappa shape index (κ2) is 4.72. The highest BCUT2D eigenvalue weighted by Gasteiger charge is 2.21. The van der Waals surface area contributed by atoms with Crippen molar-refractivity contribution in [2.75, 3.05) is 0 Å². The number of benzene rings is 1. The third-order valence-corrected chi connectivity index (χ3v) is 3.81. The van der Waals surface area contributed by atoms with Crippen molar-refractivity contribution in [2.24, 2.45) is 7.05 Å². The average Bonchev–Trinajstić information content (AvgIpc) is 2.71. The molecule has 4 heteroatoms. The molecule has 102 valence electrons. The molecule has 0 aliphatic heterocycles. The molecule has 1 aromatic carbocycles. The Hall–Kier alpha value is -2.20. The van der Waals surface area contributed by atoms with Gasteiger partial charge in [0.15, 0.2) is 0 Å². The molecular formula is C16H17N3O.